The molecule has 0 amide bonds. The van der Waals surface area contributed by atoms with Gasteiger partial charge in [-0.3, -0.25) is 0 Å². The van der Waals surface area contributed by atoms with Crippen molar-refractivity contribution in [2.45, 2.75) is 51.7 Å². The number of cyclic esters (lactones) is 1. The van der Waals surface area contributed by atoms with Crippen molar-refractivity contribution in [3.63, 3.8) is 0 Å². The molecule has 4 nitrogen and oxygen atoms in total. The van der Waals surface area contributed by atoms with E-state index in [4.69, 9.17) is 9.47 Å². The molecule has 0 unspecified atom stereocenters. The standard InChI is InChI=1S/C18H22O4/c1-3-7-15(12-16-10-13(2)11-17(19)21-16)22-18(20)14-8-5-4-6-9-14/h4-6,8-9,11,15-16H,3,7,10,12H2,1-2H3/t15-,16-/m0/s1. The van der Waals surface area contributed by atoms with Gasteiger partial charge in [-0.2, -0.15) is 0 Å². The lowest BCUT2D eigenvalue weighted by Crippen LogP contribution is -2.29. The summed E-state index contributed by atoms with van der Waals surface area (Å²) in [5.74, 6) is -0.633. The lowest BCUT2D eigenvalue weighted by molar-refractivity contribution is -0.145. The van der Waals surface area contributed by atoms with Crippen LogP contribution in [0.4, 0.5) is 0 Å². The van der Waals surface area contributed by atoms with Crippen LogP contribution in [0, 0.1) is 0 Å². The van der Waals surface area contributed by atoms with Crippen molar-refractivity contribution in [1.29, 1.82) is 0 Å². The van der Waals surface area contributed by atoms with E-state index in [0.29, 0.717) is 18.4 Å². The maximum atomic E-state index is 12.2. The van der Waals surface area contributed by atoms with E-state index < -0.39 is 0 Å². The van der Waals surface area contributed by atoms with Crippen LogP contribution in [0.3, 0.4) is 0 Å². The van der Waals surface area contributed by atoms with Crippen LogP contribution in [-0.4, -0.2) is 24.1 Å². The molecule has 0 radical (unpaired) electrons. The minimum absolute atomic E-state index is 0.211. The van der Waals surface area contributed by atoms with Gasteiger partial charge in [-0.1, -0.05) is 37.1 Å². The second-order valence-electron chi connectivity index (χ2n) is 5.67. The van der Waals surface area contributed by atoms with Gasteiger partial charge in [-0.05, 0) is 25.5 Å². The summed E-state index contributed by atoms with van der Waals surface area (Å²) in [6.07, 6.45) is 3.98. The smallest absolute Gasteiger partial charge is 0.338 e. The monoisotopic (exact) mass is 302 g/mol. The van der Waals surface area contributed by atoms with Gasteiger partial charge in [-0.25, -0.2) is 9.59 Å². The highest BCUT2D eigenvalue weighted by Crippen LogP contribution is 2.22. The van der Waals surface area contributed by atoms with Crippen LogP contribution >= 0.6 is 0 Å². The molecule has 1 aliphatic heterocycles. The van der Waals surface area contributed by atoms with E-state index in [2.05, 4.69) is 0 Å². The molecule has 22 heavy (non-hydrogen) atoms. The van der Waals surface area contributed by atoms with Crippen molar-refractivity contribution < 1.29 is 19.1 Å². The van der Waals surface area contributed by atoms with E-state index in [1.165, 1.54) is 6.08 Å². The summed E-state index contributed by atoms with van der Waals surface area (Å²) in [6, 6.07) is 8.94. The second-order valence-corrected chi connectivity index (χ2v) is 5.67. The molecule has 0 aliphatic carbocycles. The summed E-state index contributed by atoms with van der Waals surface area (Å²) >= 11 is 0. The van der Waals surface area contributed by atoms with E-state index in [9.17, 15) is 9.59 Å². The first-order chi connectivity index (χ1) is 10.6. The van der Waals surface area contributed by atoms with Gasteiger partial charge in [-0.15, -0.1) is 0 Å². The lowest BCUT2D eigenvalue weighted by atomic mass is 9.99. The first kappa shape index (κ1) is 16.3. The number of carbonyl (C=O) groups is 2. The maximum absolute atomic E-state index is 12.2. The Labute approximate surface area is 131 Å². The largest absolute Gasteiger partial charge is 0.459 e. The zero-order valence-corrected chi connectivity index (χ0v) is 13.1. The Bertz CT molecular complexity index is 547. The fourth-order valence-electron chi connectivity index (χ4n) is 2.62. The van der Waals surface area contributed by atoms with Crippen LogP contribution in [0.15, 0.2) is 42.0 Å². The van der Waals surface area contributed by atoms with Gasteiger partial charge >= 0.3 is 11.9 Å². The molecule has 0 fully saturated rings. The maximum Gasteiger partial charge on any atom is 0.338 e. The van der Waals surface area contributed by atoms with Crippen LogP contribution in [0.25, 0.3) is 0 Å². The average molecular weight is 302 g/mol. The van der Waals surface area contributed by atoms with E-state index in [1.807, 2.05) is 32.0 Å². The van der Waals surface area contributed by atoms with Gasteiger partial charge in [0.15, 0.2) is 0 Å². The van der Waals surface area contributed by atoms with Crippen molar-refractivity contribution in [3.05, 3.63) is 47.5 Å². The highest BCUT2D eigenvalue weighted by Gasteiger charge is 2.25. The molecule has 0 spiro atoms. The van der Waals surface area contributed by atoms with E-state index in [-0.39, 0.29) is 24.1 Å². The molecule has 0 saturated carbocycles. The molecular weight excluding hydrogens is 280 g/mol. The Hall–Kier alpha value is -2.10. The molecule has 0 aromatic heterocycles. The number of hydrogen-bond acceptors (Lipinski definition) is 4. The van der Waals surface area contributed by atoms with Crippen LogP contribution in [0.2, 0.25) is 0 Å². The SMILES string of the molecule is CCC[C@@H](C[C@@H]1CC(C)=CC(=O)O1)OC(=O)c1ccccc1. The van der Waals surface area contributed by atoms with Crippen LogP contribution in [-0.2, 0) is 14.3 Å². The molecule has 4 heteroatoms. The average Bonchev–Trinajstić information content (AvgIpc) is 2.47. The first-order valence-electron chi connectivity index (χ1n) is 7.72. The number of ether oxygens (including phenoxy) is 2. The quantitative estimate of drug-likeness (QED) is 0.752. The summed E-state index contributed by atoms with van der Waals surface area (Å²) in [4.78, 5) is 23.6. The lowest BCUT2D eigenvalue weighted by Gasteiger charge is -2.26. The highest BCUT2D eigenvalue weighted by molar-refractivity contribution is 5.89. The Morgan fingerprint density at radius 3 is 2.73 bits per heavy atom. The summed E-state index contributed by atoms with van der Waals surface area (Å²) in [5.41, 5.74) is 1.55. The Balaban J connectivity index is 1.97. The number of benzene rings is 1. The predicted octanol–water partition coefficient (Wildman–Crippen LogP) is 3.66. The van der Waals surface area contributed by atoms with Crippen molar-refractivity contribution in [2.24, 2.45) is 0 Å². The van der Waals surface area contributed by atoms with Crippen LogP contribution in [0.1, 0.15) is 49.9 Å². The third-order valence-electron chi connectivity index (χ3n) is 3.62. The first-order valence-corrected chi connectivity index (χ1v) is 7.72. The van der Waals surface area contributed by atoms with Gasteiger partial charge in [0.2, 0.25) is 0 Å². The third kappa shape index (κ3) is 4.72. The summed E-state index contributed by atoms with van der Waals surface area (Å²) in [7, 11) is 0. The highest BCUT2D eigenvalue weighted by atomic mass is 16.6. The van der Waals surface area contributed by atoms with Crippen molar-refractivity contribution in [3.8, 4) is 0 Å². The molecule has 0 saturated heterocycles. The van der Waals surface area contributed by atoms with Crippen molar-refractivity contribution in [1.82, 2.24) is 0 Å². The summed E-state index contributed by atoms with van der Waals surface area (Å²) in [5, 5.41) is 0. The second kappa shape index (κ2) is 7.78. The molecule has 118 valence electrons. The Morgan fingerprint density at radius 1 is 1.36 bits per heavy atom. The number of rotatable bonds is 6. The minimum atomic E-state index is -0.326. The number of carbonyl (C=O) groups excluding carboxylic acids is 2. The fraction of sp³-hybridized carbons (Fsp3) is 0.444. The third-order valence-corrected chi connectivity index (χ3v) is 3.62. The summed E-state index contributed by atoms with van der Waals surface area (Å²) in [6.45, 7) is 3.96. The Morgan fingerprint density at radius 2 is 2.09 bits per heavy atom. The summed E-state index contributed by atoms with van der Waals surface area (Å²) < 4.78 is 10.9. The molecule has 2 rings (SSSR count). The zero-order valence-electron chi connectivity index (χ0n) is 13.1. The van der Waals surface area contributed by atoms with Gasteiger partial charge in [0.1, 0.15) is 12.2 Å². The van der Waals surface area contributed by atoms with Gasteiger partial charge in [0.05, 0.1) is 5.56 Å². The van der Waals surface area contributed by atoms with E-state index >= 15 is 0 Å². The molecule has 1 aromatic rings. The van der Waals surface area contributed by atoms with Gasteiger partial charge in [0.25, 0.3) is 0 Å². The molecular formula is C18H22O4. The molecule has 1 heterocycles. The van der Waals surface area contributed by atoms with Crippen LogP contribution in [0.5, 0.6) is 0 Å². The zero-order chi connectivity index (χ0) is 15.9. The molecule has 1 aromatic carbocycles. The van der Waals surface area contributed by atoms with Gasteiger partial charge < -0.3 is 9.47 Å². The molecule has 0 bridgehead atoms. The fourth-order valence-corrected chi connectivity index (χ4v) is 2.62. The Kier molecular flexibility index (Phi) is 5.75. The number of esters is 2. The minimum Gasteiger partial charge on any atom is -0.459 e. The topological polar surface area (TPSA) is 52.6 Å². The molecule has 1 aliphatic rings. The molecule has 2 atom stereocenters. The van der Waals surface area contributed by atoms with Crippen molar-refractivity contribution in [2.75, 3.05) is 0 Å². The number of hydrogen-bond donors (Lipinski definition) is 0. The molecule has 0 N–H and O–H groups in total. The van der Waals surface area contributed by atoms with E-state index in [1.54, 1.807) is 12.1 Å². The van der Waals surface area contributed by atoms with Gasteiger partial charge in [0, 0.05) is 18.9 Å². The van der Waals surface area contributed by atoms with Crippen LogP contribution < -0.4 is 0 Å². The van der Waals surface area contributed by atoms with Crippen molar-refractivity contribution >= 4 is 11.9 Å². The van der Waals surface area contributed by atoms with E-state index in [0.717, 1.165) is 18.4 Å². The normalized spacial score (nSPS) is 19.1. The predicted molar refractivity (Wildman–Crippen MR) is 83.4 cm³/mol.